The van der Waals surface area contributed by atoms with Crippen LogP contribution >= 0.6 is 0 Å². The van der Waals surface area contributed by atoms with Crippen molar-refractivity contribution >= 4 is 10.9 Å². The van der Waals surface area contributed by atoms with E-state index in [9.17, 15) is 0 Å². The van der Waals surface area contributed by atoms with Crippen LogP contribution in [0.4, 0.5) is 0 Å². The summed E-state index contributed by atoms with van der Waals surface area (Å²) in [7, 11) is 1.62. The number of benzene rings is 1. The summed E-state index contributed by atoms with van der Waals surface area (Å²) in [6.07, 6.45) is 3.70. The van der Waals surface area contributed by atoms with Crippen molar-refractivity contribution in [2.45, 2.75) is 6.54 Å². The van der Waals surface area contributed by atoms with Gasteiger partial charge in [-0.2, -0.15) is 5.26 Å². The Labute approximate surface area is 116 Å². The van der Waals surface area contributed by atoms with Gasteiger partial charge >= 0.3 is 0 Å². The van der Waals surface area contributed by atoms with Gasteiger partial charge in [-0.1, -0.05) is 12.1 Å². The van der Waals surface area contributed by atoms with Gasteiger partial charge in [0.1, 0.15) is 0 Å². The molecule has 0 aliphatic carbocycles. The van der Waals surface area contributed by atoms with Crippen LogP contribution in [0.5, 0.6) is 5.88 Å². The number of fused-ring (bicyclic) bond motifs is 1. The molecule has 0 aliphatic heterocycles. The minimum absolute atomic E-state index is 0.630. The molecule has 0 unspecified atom stereocenters. The first kappa shape index (κ1) is 12.2. The first-order valence-electron chi connectivity index (χ1n) is 6.29. The number of pyridine rings is 1. The molecule has 2 heterocycles. The van der Waals surface area contributed by atoms with E-state index in [1.54, 1.807) is 13.3 Å². The van der Waals surface area contributed by atoms with E-state index in [1.807, 2.05) is 42.6 Å². The van der Waals surface area contributed by atoms with Crippen molar-refractivity contribution in [1.29, 1.82) is 5.26 Å². The van der Waals surface area contributed by atoms with Crippen LogP contribution in [-0.4, -0.2) is 16.7 Å². The zero-order valence-electron chi connectivity index (χ0n) is 11.1. The molecule has 20 heavy (non-hydrogen) atoms. The summed E-state index contributed by atoms with van der Waals surface area (Å²) in [5.41, 5.74) is 2.74. The second kappa shape index (κ2) is 5.06. The van der Waals surface area contributed by atoms with Crippen LogP contribution in [0, 0.1) is 11.3 Å². The quantitative estimate of drug-likeness (QED) is 0.730. The Morgan fingerprint density at radius 2 is 2.15 bits per heavy atom. The Morgan fingerprint density at radius 3 is 2.95 bits per heavy atom. The third-order valence-electron chi connectivity index (χ3n) is 3.32. The van der Waals surface area contributed by atoms with E-state index < -0.39 is 0 Å². The lowest BCUT2D eigenvalue weighted by molar-refractivity contribution is 0.391. The van der Waals surface area contributed by atoms with Gasteiger partial charge in [0.25, 0.3) is 0 Å². The van der Waals surface area contributed by atoms with Crippen LogP contribution < -0.4 is 4.74 Å². The molecule has 0 radical (unpaired) electrons. The predicted octanol–water partition coefficient (Wildman–Crippen LogP) is 2.96. The number of methoxy groups -OCH3 is 1. The highest BCUT2D eigenvalue weighted by atomic mass is 16.5. The largest absolute Gasteiger partial charge is 0.481 e. The Hall–Kier alpha value is -2.80. The number of hydrogen-bond acceptors (Lipinski definition) is 3. The molecule has 4 heteroatoms. The summed E-state index contributed by atoms with van der Waals surface area (Å²) in [6.45, 7) is 0.662. The summed E-state index contributed by atoms with van der Waals surface area (Å²) < 4.78 is 7.37. The van der Waals surface area contributed by atoms with Crippen LogP contribution in [0.25, 0.3) is 10.9 Å². The Balaban J connectivity index is 2.06. The molecule has 3 aromatic rings. The maximum atomic E-state index is 9.13. The van der Waals surface area contributed by atoms with Gasteiger partial charge in [-0.05, 0) is 24.3 Å². The molecule has 0 saturated carbocycles. The van der Waals surface area contributed by atoms with Crippen LogP contribution in [0.2, 0.25) is 0 Å². The highest BCUT2D eigenvalue weighted by Crippen LogP contribution is 2.22. The molecule has 0 amide bonds. The van der Waals surface area contributed by atoms with Crippen molar-refractivity contribution in [1.82, 2.24) is 9.55 Å². The molecule has 0 spiro atoms. The Kier molecular flexibility index (Phi) is 3.10. The fourth-order valence-electron chi connectivity index (χ4n) is 2.37. The second-order valence-electron chi connectivity index (χ2n) is 4.47. The molecular formula is C16H13N3O. The number of aromatic nitrogens is 2. The molecule has 3 rings (SSSR count). The normalized spacial score (nSPS) is 10.4. The molecule has 0 atom stereocenters. The monoisotopic (exact) mass is 263 g/mol. The van der Waals surface area contributed by atoms with Gasteiger partial charge in [0.15, 0.2) is 0 Å². The molecule has 0 saturated heterocycles. The third-order valence-corrected chi connectivity index (χ3v) is 3.32. The Morgan fingerprint density at radius 1 is 1.25 bits per heavy atom. The molecule has 2 aromatic heterocycles. The number of nitrogens with zero attached hydrogens (tertiary/aromatic N) is 3. The highest BCUT2D eigenvalue weighted by Gasteiger charge is 2.08. The summed E-state index contributed by atoms with van der Waals surface area (Å²) in [5, 5.41) is 10.1. The van der Waals surface area contributed by atoms with Crippen molar-refractivity contribution in [2.24, 2.45) is 0 Å². The van der Waals surface area contributed by atoms with Crippen LogP contribution in [0.3, 0.4) is 0 Å². The van der Waals surface area contributed by atoms with Gasteiger partial charge in [-0.15, -0.1) is 0 Å². The molecule has 0 bridgehead atoms. The van der Waals surface area contributed by atoms with Gasteiger partial charge in [0.2, 0.25) is 5.88 Å². The molecule has 1 aromatic carbocycles. The average molecular weight is 263 g/mol. The molecule has 4 nitrogen and oxygen atoms in total. The lowest BCUT2D eigenvalue weighted by Crippen LogP contribution is -2.01. The number of hydrogen-bond donors (Lipinski definition) is 0. The second-order valence-corrected chi connectivity index (χ2v) is 4.47. The average Bonchev–Trinajstić information content (AvgIpc) is 2.91. The third kappa shape index (κ3) is 1.99. The molecule has 0 fully saturated rings. The van der Waals surface area contributed by atoms with E-state index in [-0.39, 0.29) is 0 Å². The SMILES string of the molecule is COc1ncccc1Cn1ccc2c(C#N)cccc21. The smallest absolute Gasteiger partial charge is 0.218 e. The number of ether oxygens (including phenoxy) is 1. The summed E-state index contributed by atoms with van der Waals surface area (Å²) in [5.74, 6) is 0.630. The van der Waals surface area contributed by atoms with E-state index in [2.05, 4.69) is 15.6 Å². The zero-order chi connectivity index (χ0) is 13.9. The van der Waals surface area contributed by atoms with Crippen molar-refractivity contribution < 1.29 is 4.74 Å². The van der Waals surface area contributed by atoms with Crippen LogP contribution in [0.15, 0.2) is 48.8 Å². The fourth-order valence-corrected chi connectivity index (χ4v) is 2.37. The minimum Gasteiger partial charge on any atom is -0.481 e. The zero-order valence-corrected chi connectivity index (χ0v) is 11.1. The van der Waals surface area contributed by atoms with Gasteiger partial charge < -0.3 is 9.30 Å². The maximum Gasteiger partial charge on any atom is 0.218 e. The minimum atomic E-state index is 0.630. The van der Waals surface area contributed by atoms with Crippen LogP contribution in [-0.2, 0) is 6.54 Å². The standard InChI is InChI=1S/C16H13N3O/c1-20-16-13(5-3-8-18-16)11-19-9-7-14-12(10-17)4-2-6-15(14)19/h2-9H,11H2,1H3. The van der Waals surface area contributed by atoms with E-state index in [0.29, 0.717) is 18.0 Å². The van der Waals surface area contributed by atoms with E-state index in [4.69, 9.17) is 10.00 Å². The van der Waals surface area contributed by atoms with Gasteiger partial charge in [-0.25, -0.2) is 4.98 Å². The number of nitriles is 1. The van der Waals surface area contributed by atoms with Crippen molar-refractivity contribution in [3.8, 4) is 11.9 Å². The van der Waals surface area contributed by atoms with Gasteiger partial charge in [-0.3, -0.25) is 0 Å². The molecular weight excluding hydrogens is 250 g/mol. The molecule has 98 valence electrons. The summed E-state index contributed by atoms with van der Waals surface area (Å²) in [4.78, 5) is 4.20. The van der Waals surface area contributed by atoms with Gasteiger partial charge in [0, 0.05) is 28.9 Å². The highest BCUT2D eigenvalue weighted by molar-refractivity contribution is 5.86. The maximum absolute atomic E-state index is 9.13. The van der Waals surface area contributed by atoms with Crippen molar-refractivity contribution in [3.05, 3.63) is 59.9 Å². The van der Waals surface area contributed by atoms with Gasteiger partial charge in [0.05, 0.1) is 25.3 Å². The predicted molar refractivity (Wildman–Crippen MR) is 76.5 cm³/mol. The number of rotatable bonds is 3. The van der Waals surface area contributed by atoms with Crippen molar-refractivity contribution in [2.75, 3.05) is 7.11 Å². The lowest BCUT2D eigenvalue weighted by atomic mass is 10.1. The summed E-state index contributed by atoms with van der Waals surface area (Å²) >= 11 is 0. The molecule has 0 aliphatic rings. The van der Waals surface area contributed by atoms with E-state index in [1.165, 1.54) is 0 Å². The summed E-state index contributed by atoms with van der Waals surface area (Å²) in [6, 6.07) is 13.8. The lowest BCUT2D eigenvalue weighted by Gasteiger charge is -2.09. The Bertz CT molecular complexity index is 799. The first-order chi connectivity index (χ1) is 9.83. The van der Waals surface area contributed by atoms with Crippen LogP contribution in [0.1, 0.15) is 11.1 Å². The van der Waals surface area contributed by atoms with E-state index >= 15 is 0 Å². The topological polar surface area (TPSA) is 50.8 Å². The van der Waals surface area contributed by atoms with E-state index in [0.717, 1.165) is 16.5 Å². The fraction of sp³-hybridized carbons (Fsp3) is 0.125. The molecule has 0 N–H and O–H groups in total. The van der Waals surface area contributed by atoms with Crippen molar-refractivity contribution in [3.63, 3.8) is 0 Å². The first-order valence-corrected chi connectivity index (χ1v) is 6.29.